The minimum atomic E-state index is -0.0899. The van der Waals surface area contributed by atoms with Gasteiger partial charge in [-0.25, -0.2) is 4.79 Å². The van der Waals surface area contributed by atoms with E-state index in [0.29, 0.717) is 12.6 Å². The number of rotatable bonds is 5. The van der Waals surface area contributed by atoms with E-state index in [1.165, 1.54) is 24.8 Å². The van der Waals surface area contributed by atoms with Gasteiger partial charge in [0, 0.05) is 11.7 Å². The highest BCUT2D eigenvalue weighted by Crippen LogP contribution is 2.18. The van der Waals surface area contributed by atoms with Crippen LogP contribution in [0.15, 0.2) is 24.3 Å². The molecule has 1 fully saturated rings. The van der Waals surface area contributed by atoms with Crippen molar-refractivity contribution in [1.29, 1.82) is 0 Å². The molecule has 0 aromatic heterocycles. The van der Waals surface area contributed by atoms with Crippen molar-refractivity contribution in [1.82, 2.24) is 5.32 Å². The molecule has 0 atom stereocenters. The Bertz CT molecular complexity index is 427. The first-order valence-corrected chi connectivity index (χ1v) is 7.64. The molecule has 1 saturated carbocycles. The van der Waals surface area contributed by atoms with Gasteiger partial charge in [0.25, 0.3) is 0 Å². The fourth-order valence-electron chi connectivity index (χ4n) is 2.71. The Morgan fingerprint density at radius 1 is 1.25 bits per heavy atom. The third-order valence-electron chi connectivity index (χ3n) is 3.79. The molecule has 2 amide bonds. The summed E-state index contributed by atoms with van der Waals surface area (Å²) in [7, 11) is 0. The number of benzene rings is 1. The van der Waals surface area contributed by atoms with Gasteiger partial charge in [-0.2, -0.15) is 0 Å². The molecule has 0 unspecified atom stereocenters. The number of hydrogen-bond acceptors (Lipinski definition) is 2. The molecule has 1 aliphatic rings. The lowest BCUT2D eigenvalue weighted by molar-refractivity contribution is 0.244. The summed E-state index contributed by atoms with van der Waals surface area (Å²) in [6.07, 6.45) is 7.87. The van der Waals surface area contributed by atoms with Crippen LogP contribution in [0.25, 0.3) is 0 Å². The fourth-order valence-corrected chi connectivity index (χ4v) is 2.71. The number of nitrogens with one attached hydrogen (secondary N) is 2. The molecule has 1 aromatic rings. The third-order valence-corrected chi connectivity index (χ3v) is 3.79. The molecule has 110 valence electrons. The summed E-state index contributed by atoms with van der Waals surface area (Å²) in [4.78, 5) is 12.0. The number of anilines is 1. The van der Waals surface area contributed by atoms with Crippen LogP contribution in [0.3, 0.4) is 0 Å². The maximum absolute atomic E-state index is 12.0. The monoisotopic (exact) mass is 275 g/mol. The zero-order chi connectivity index (χ0) is 14.2. The lowest BCUT2D eigenvalue weighted by Gasteiger charge is -2.22. The van der Waals surface area contributed by atoms with Crippen LogP contribution in [-0.4, -0.2) is 18.6 Å². The standard InChI is InChI=1S/C16H25N3O/c17-11-5-7-13-6-4-10-15(12-13)19-16(20)18-14-8-2-1-3-9-14/h4,6,10,12,14H,1-3,5,7-9,11,17H2,(H2,18,19,20). The Hall–Kier alpha value is -1.55. The molecule has 4 heteroatoms. The zero-order valence-electron chi connectivity index (χ0n) is 12.0. The molecule has 0 spiro atoms. The van der Waals surface area contributed by atoms with Gasteiger partial charge in [-0.15, -0.1) is 0 Å². The van der Waals surface area contributed by atoms with E-state index in [9.17, 15) is 4.79 Å². The van der Waals surface area contributed by atoms with E-state index < -0.39 is 0 Å². The van der Waals surface area contributed by atoms with E-state index in [2.05, 4.69) is 16.7 Å². The van der Waals surface area contributed by atoms with Gasteiger partial charge in [0.1, 0.15) is 0 Å². The first-order valence-electron chi connectivity index (χ1n) is 7.64. The molecule has 0 heterocycles. The van der Waals surface area contributed by atoms with Crippen molar-refractivity contribution >= 4 is 11.7 Å². The predicted molar refractivity (Wildman–Crippen MR) is 82.8 cm³/mol. The largest absolute Gasteiger partial charge is 0.335 e. The minimum Gasteiger partial charge on any atom is -0.335 e. The van der Waals surface area contributed by atoms with Crippen LogP contribution < -0.4 is 16.4 Å². The van der Waals surface area contributed by atoms with Gasteiger partial charge in [0.2, 0.25) is 0 Å². The molecule has 0 aliphatic heterocycles. The van der Waals surface area contributed by atoms with Crippen molar-refractivity contribution in [2.75, 3.05) is 11.9 Å². The Balaban J connectivity index is 1.83. The summed E-state index contributed by atoms with van der Waals surface area (Å²) in [6, 6.07) is 8.24. The summed E-state index contributed by atoms with van der Waals surface area (Å²) >= 11 is 0. The Morgan fingerprint density at radius 2 is 2.05 bits per heavy atom. The highest BCUT2D eigenvalue weighted by molar-refractivity contribution is 5.89. The van der Waals surface area contributed by atoms with Gasteiger partial charge in [-0.05, 0) is 49.9 Å². The smallest absolute Gasteiger partial charge is 0.319 e. The van der Waals surface area contributed by atoms with Crippen molar-refractivity contribution in [2.24, 2.45) is 5.73 Å². The Kier molecular flexibility index (Phi) is 5.87. The molecule has 1 aromatic carbocycles. The lowest BCUT2D eigenvalue weighted by Crippen LogP contribution is -2.39. The Labute approximate surface area is 121 Å². The topological polar surface area (TPSA) is 67.1 Å². The average Bonchev–Trinajstić information content (AvgIpc) is 2.46. The molecule has 0 saturated heterocycles. The normalized spacial score (nSPS) is 15.8. The van der Waals surface area contributed by atoms with Gasteiger partial charge in [-0.3, -0.25) is 0 Å². The molecule has 0 bridgehead atoms. The average molecular weight is 275 g/mol. The highest BCUT2D eigenvalue weighted by Gasteiger charge is 2.15. The zero-order valence-corrected chi connectivity index (χ0v) is 12.0. The van der Waals surface area contributed by atoms with Gasteiger partial charge in [-0.1, -0.05) is 31.4 Å². The molecule has 1 aliphatic carbocycles. The number of hydrogen-bond donors (Lipinski definition) is 3. The third kappa shape index (κ3) is 4.85. The van der Waals surface area contributed by atoms with Crippen LogP contribution in [-0.2, 0) is 6.42 Å². The Morgan fingerprint density at radius 3 is 2.80 bits per heavy atom. The van der Waals surface area contributed by atoms with Crippen LogP contribution >= 0.6 is 0 Å². The van der Waals surface area contributed by atoms with Crippen LogP contribution in [0.2, 0.25) is 0 Å². The summed E-state index contributed by atoms with van der Waals surface area (Å²) < 4.78 is 0. The lowest BCUT2D eigenvalue weighted by atomic mass is 9.96. The second-order valence-corrected chi connectivity index (χ2v) is 5.53. The SMILES string of the molecule is NCCCc1cccc(NC(=O)NC2CCCCC2)c1. The molecule has 0 radical (unpaired) electrons. The fraction of sp³-hybridized carbons (Fsp3) is 0.562. The van der Waals surface area contributed by atoms with Crippen molar-refractivity contribution < 1.29 is 4.79 Å². The molecule has 4 nitrogen and oxygen atoms in total. The minimum absolute atomic E-state index is 0.0899. The van der Waals surface area contributed by atoms with Crippen molar-refractivity contribution in [2.45, 2.75) is 51.0 Å². The number of carbonyl (C=O) groups excluding carboxylic acids is 1. The summed E-state index contributed by atoms with van der Waals surface area (Å²) in [5.74, 6) is 0. The highest BCUT2D eigenvalue weighted by atomic mass is 16.2. The molecular weight excluding hydrogens is 250 g/mol. The van der Waals surface area contributed by atoms with Gasteiger partial charge < -0.3 is 16.4 Å². The quantitative estimate of drug-likeness (QED) is 0.773. The van der Waals surface area contributed by atoms with E-state index in [4.69, 9.17) is 5.73 Å². The van der Waals surface area contributed by atoms with Crippen molar-refractivity contribution in [3.05, 3.63) is 29.8 Å². The van der Waals surface area contributed by atoms with E-state index >= 15 is 0 Å². The van der Waals surface area contributed by atoms with Crippen molar-refractivity contribution in [3.63, 3.8) is 0 Å². The first-order chi connectivity index (χ1) is 9.78. The summed E-state index contributed by atoms with van der Waals surface area (Å²) in [6.45, 7) is 0.694. The first kappa shape index (κ1) is 14.9. The number of carbonyl (C=O) groups is 1. The maximum atomic E-state index is 12.0. The van der Waals surface area contributed by atoms with Gasteiger partial charge in [0.15, 0.2) is 0 Å². The van der Waals surface area contributed by atoms with Gasteiger partial charge >= 0.3 is 6.03 Å². The van der Waals surface area contributed by atoms with E-state index in [1.807, 2.05) is 18.2 Å². The van der Waals surface area contributed by atoms with Gasteiger partial charge in [0.05, 0.1) is 0 Å². The van der Waals surface area contributed by atoms with Crippen LogP contribution in [0.1, 0.15) is 44.1 Å². The van der Waals surface area contributed by atoms with E-state index in [1.54, 1.807) is 0 Å². The predicted octanol–water partition coefficient (Wildman–Crippen LogP) is 3.03. The summed E-state index contributed by atoms with van der Waals surface area (Å²) in [5, 5.41) is 5.98. The van der Waals surface area contributed by atoms with Crippen LogP contribution in [0, 0.1) is 0 Å². The number of urea groups is 1. The molecule has 20 heavy (non-hydrogen) atoms. The number of nitrogens with two attached hydrogens (primary N) is 1. The maximum Gasteiger partial charge on any atom is 0.319 e. The van der Waals surface area contributed by atoms with Crippen LogP contribution in [0.5, 0.6) is 0 Å². The van der Waals surface area contributed by atoms with E-state index in [0.717, 1.165) is 31.4 Å². The summed E-state index contributed by atoms with van der Waals surface area (Å²) in [5.41, 5.74) is 7.59. The molecule has 2 rings (SSSR count). The molecule has 4 N–H and O–H groups in total. The van der Waals surface area contributed by atoms with Crippen LogP contribution in [0.4, 0.5) is 10.5 Å². The number of aryl methyl sites for hydroxylation is 1. The van der Waals surface area contributed by atoms with E-state index in [-0.39, 0.29) is 6.03 Å². The van der Waals surface area contributed by atoms with Crippen molar-refractivity contribution in [3.8, 4) is 0 Å². The molecular formula is C16H25N3O. The second-order valence-electron chi connectivity index (χ2n) is 5.53. The second kappa shape index (κ2) is 7.90. The number of amides is 2.